The third-order valence-corrected chi connectivity index (χ3v) is 4.67. The van der Waals surface area contributed by atoms with Gasteiger partial charge in [-0.1, -0.05) is 56.3 Å². The van der Waals surface area contributed by atoms with Crippen LogP contribution in [-0.4, -0.2) is 19.4 Å². The van der Waals surface area contributed by atoms with Gasteiger partial charge in [-0.15, -0.1) is 0 Å². The minimum Gasteiger partial charge on any atom is -0.437 e. The highest BCUT2D eigenvalue weighted by atomic mass is 16.7. The smallest absolute Gasteiger partial charge is 0.437 e. The summed E-state index contributed by atoms with van der Waals surface area (Å²) in [6.45, 7) is 4.14. The molecule has 0 fully saturated rings. The summed E-state index contributed by atoms with van der Waals surface area (Å²) in [5, 5.41) is 0. The molecule has 0 amide bonds. The van der Waals surface area contributed by atoms with E-state index in [9.17, 15) is 9.59 Å². The number of hydrogen-bond donors (Lipinski definition) is 0. The molecule has 0 aliphatic heterocycles. The lowest BCUT2D eigenvalue weighted by Crippen LogP contribution is -2.19. The second-order valence-electron chi connectivity index (χ2n) is 7.00. The zero-order valence-corrected chi connectivity index (χ0v) is 17.0. The van der Waals surface area contributed by atoms with E-state index in [-0.39, 0.29) is 5.41 Å². The number of para-hydroxylation sites is 1. The Kier molecular flexibility index (Phi) is 6.37. The van der Waals surface area contributed by atoms with E-state index in [0.29, 0.717) is 17.2 Å². The van der Waals surface area contributed by atoms with E-state index in [4.69, 9.17) is 14.2 Å². The quantitative estimate of drug-likeness (QED) is 0.398. The van der Waals surface area contributed by atoms with E-state index >= 15 is 0 Å². The molecule has 0 N–H and O–H groups in total. The van der Waals surface area contributed by atoms with Gasteiger partial charge in [0.2, 0.25) is 0 Å². The average Bonchev–Trinajstić information content (AvgIpc) is 2.75. The Morgan fingerprint density at radius 2 is 1.00 bits per heavy atom. The molecule has 3 rings (SSSR count). The molecular formula is C24H22O6. The largest absolute Gasteiger partial charge is 0.519 e. The first-order valence-corrected chi connectivity index (χ1v) is 9.30. The summed E-state index contributed by atoms with van der Waals surface area (Å²) >= 11 is 0. The highest BCUT2D eigenvalue weighted by Crippen LogP contribution is 2.33. The van der Waals surface area contributed by atoms with Gasteiger partial charge in [0.1, 0.15) is 17.2 Å². The Bertz CT molecular complexity index is 992. The zero-order chi connectivity index (χ0) is 21.6. The average molecular weight is 406 g/mol. The second-order valence-corrected chi connectivity index (χ2v) is 7.00. The van der Waals surface area contributed by atoms with E-state index in [0.717, 1.165) is 11.1 Å². The summed E-state index contributed by atoms with van der Waals surface area (Å²) in [5.41, 5.74) is 1.72. The lowest BCUT2D eigenvalue weighted by molar-refractivity contribution is 0.121. The number of rotatable bonds is 5. The fraction of sp³-hybridized carbons (Fsp3) is 0.167. The zero-order valence-electron chi connectivity index (χ0n) is 17.0. The van der Waals surface area contributed by atoms with Gasteiger partial charge in [0.25, 0.3) is 0 Å². The highest BCUT2D eigenvalue weighted by molar-refractivity contribution is 5.67. The van der Waals surface area contributed by atoms with Crippen molar-refractivity contribution in [3.8, 4) is 17.2 Å². The molecule has 0 saturated heterocycles. The summed E-state index contributed by atoms with van der Waals surface area (Å²) in [7, 11) is 1.26. The minimum atomic E-state index is -0.797. The van der Waals surface area contributed by atoms with E-state index in [2.05, 4.69) is 18.6 Å². The van der Waals surface area contributed by atoms with Crippen LogP contribution in [0.5, 0.6) is 17.2 Å². The first-order chi connectivity index (χ1) is 14.4. The molecule has 0 radical (unpaired) electrons. The van der Waals surface area contributed by atoms with Crippen molar-refractivity contribution in [3.63, 3.8) is 0 Å². The molecule has 0 heterocycles. The number of benzene rings is 3. The van der Waals surface area contributed by atoms with Crippen molar-refractivity contribution >= 4 is 12.3 Å². The maximum absolute atomic E-state index is 11.9. The summed E-state index contributed by atoms with van der Waals surface area (Å²) in [6.07, 6.45) is -1.56. The topological polar surface area (TPSA) is 71.1 Å². The molecule has 6 nitrogen and oxygen atoms in total. The Balaban J connectivity index is 1.66. The van der Waals surface area contributed by atoms with Crippen LogP contribution >= 0.6 is 0 Å². The fourth-order valence-electron chi connectivity index (χ4n) is 2.89. The molecule has 0 aromatic heterocycles. The predicted octanol–water partition coefficient (Wildman–Crippen LogP) is 5.74. The minimum absolute atomic E-state index is 0.327. The molecule has 3 aromatic carbocycles. The number of hydrogen-bond acceptors (Lipinski definition) is 6. The Morgan fingerprint density at radius 1 is 0.600 bits per heavy atom. The van der Waals surface area contributed by atoms with Gasteiger partial charge in [-0.05, 0) is 47.5 Å². The van der Waals surface area contributed by atoms with Crippen molar-refractivity contribution < 1.29 is 28.5 Å². The molecule has 30 heavy (non-hydrogen) atoms. The van der Waals surface area contributed by atoms with Crippen molar-refractivity contribution in [2.75, 3.05) is 7.11 Å². The van der Waals surface area contributed by atoms with Crippen LogP contribution in [0.15, 0.2) is 78.9 Å². The van der Waals surface area contributed by atoms with Crippen LogP contribution in [0.3, 0.4) is 0 Å². The number of methoxy groups -OCH3 is 1. The van der Waals surface area contributed by atoms with Gasteiger partial charge < -0.3 is 18.9 Å². The van der Waals surface area contributed by atoms with Gasteiger partial charge in [-0.2, -0.15) is 0 Å². The van der Waals surface area contributed by atoms with Gasteiger partial charge >= 0.3 is 12.3 Å². The molecule has 0 atom stereocenters. The van der Waals surface area contributed by atoms with Gasteiger partial charge in [0.15, 0.2) is 0 Å². The maximum atomic E-state index is 11.9. The molecule has 0 spiro atoms. The first-order valence-electron chi connectivity index (χ1n) is 9.30. The molecule has 0 aliphatic rings. The SMILES string of the molecule is COC(=O)Oc1ccc(C(C)(C)c2ccc(OC(=O)Oc3ccccc3)cc2)cc1. The third kappa shape index (κ3) is 5.17. The number of carbonyl (C=O) groups is 2. The normalized spacial score (nSPS) is 10.8. The summed E-state index contributed by atoms with van der Waals surface area (Å²) in [5.74, 6) is 1.21. The van der Waals surface area contributed by atoms with Crippen LogP contribution in [0.1, 0.15) is 25.0 Å². The van der Waals surface area contributed by atoms with Crippen LogP contribution in [0.4, 0.5) is 9.59 Å². The first kappa shape index (κ1) is 20.9. The maximum Gasteiger partial charge on any atom is 0.519 e. The van der Waals surface area contributed by atoms with E-state index < -0.39 is 12.3 Å². The number of carbonyl (C=O) groups excluding carboxylic acids is 2. The summed E-state index contributed by atoms with van der Waals surface area (Å²) in [4.78, 5) is 23.1. The van der Waals surface area contributed by atoms with Gasteiger partial charge in [-0.3, -0.25) is 0 Å². The lowest BCUT2D eigenvalue weighted by atomic mass is 9.78. The van der Waals surface area contributed by atoms with Crippen molar-refractivity contribution in [2.24, 2.45) is 0 Å². The Hall–Kier alpha value is -3.80. The van der Waals surface area contributed by atoms with Crippen LogP contribution in [-0.2, 0) is 10.2 Å². The standard InChI is InChI=1S/C24H22O6/c1-24(2,17-9-13-20(14-10-17)28-22(25)27-3)18-11-15-21(16-12-18)30-23(26)29-19-7-5-4-6-8-19/h4-16H,1-3H3. The van der Waals surface area contributed by atoms with Crippen molar-refractivity contribution in [2.45, 2.75) is 19.3 Å². The van der Waals surface area contributed by atoms with Crippen LogP contribution in [0, 0.1) is 0 Å². The second kappa shape index (κ2) is 9.13. The molecule has 6 heteroatoms. The molecule has 154 valence electrons. The summed E-state index contributed by atoms with van der Waals surface area (Å²) < 4.78 is 19.9. The van der Waals surface area contributed by atoms with Crippen molar-refractivity contribution in [3.05, 3.63) is 90.0 Å². The highest BCUT2D eigenvalue weighted by Gasteiger charge is 2.23. The van der Waals surface area contributed by atoms with Crippen LogP contribution in [0.2, 0.25) is 0 Å². The molecular weight excluding hydrogens is 384 g/mol. The molecule has 0 saturated carbocycles. The van der Waals surface area contributed by atoms with Crippen molar-refractivity contribution in [1.29, 1.82) is 0 Å². The van der Waals surface area contributed by atoms with Gasteiger partial charge in [0.05, 0.1) is 7.11 Å². The van der Waals surface area contributed by atoms with Gasteiger partial charge in [-0.25, -0.2) is 9.59 Å². The number of ether oxygens (including phenoxy) is 4. The predicted molar refractivity (Wildman–Crippen MR) is 111 cm³/mol. The van der Waals surface area contributed by atoms with Crippen LogP contribution in [0.25, 0.3) is 0 Å². The molecule has 0 unspecified atom stereocenters. The summed E-state index contributed by atoms with van der Waals surface area (Å²) in [6, 6.07) is 23.2. The molecule has 0 aliphatic carbocycles. The molecule has 0 bridgehead atoms. The lowest BCUT2D eigenvalue weighted by Gasteiger charge is -2.26. The van der Waals surface area contributed by atoms with Crippen molar-refractivity contribution in [1.82, 2.24) is 0 Å². The Labute approximate surface area is 175 Å². The third-order valence-electron chi connectivity index (χ3n) is 4.67. The molecule has 3 aromatic rings. The van der Waals surface area contributed by atoms with E-state index in [1.807, 2.05) is 30.3 Å². The Morgan fingerprint density at radius 3 is 1.43 bits per heavy atom. The van der Waals surface area contributed by atoms with Crippen LogP contribution < -0.4 is 14.2 Å². The van der Waals surface area contributed by atoms with Gasteiger partial charge in [0, 0.05) is 5.41 Å². The van der Waals surface area contributed by atoms with E-state index in [1.54, 1.807) is 48.5 Å². The monoisotopic (exact) mass is 406 g/mol. The fourth-order valence-corrected chi connectivity index (χ4v) is 2.89. The van der Waals surface area contributed by atoms with E-state index in [1.165, 1.54) is 7.11 Å².